The van der Waals surface area contributed by atoms with Crippen LogP contribution in [0.3, 0.4) is 0 Å². The van der Waals surface area contributed by atoms with Crippen LogP contribution in [-0.4, -0.2) is 80.1 Å². The molecule has 21 heavy (non-hydrogen) atoms. The maximum atomic E-state index is 9.60. The summed E-state index contributed by atoms with van der Waals surface area (Å²) in [5.74, 6) is 0.860. The van der Waals surface area contributed by atoms with Gasteiger partial charge in [0.05, 0.1) is 37.6 Å². The minimum Gasteiger partial charge on any atom is -0.394 e. The zero-order valence-electron chi connectivity index (χ0n) is 11.7. The fraction of sp³-hybridized carbons (Fsp3) is 1.00. The average molecular weight is 379 g/mol. The predicted octanol–water partition coefficient (Wildman–Crippen LogP) is -0.317. The highest BCUT2D eigenvalue weighted by atomic mass is 32.1. The van der Waals surface area contributed by atoms with Crippen LogP contribution in [0.15, 0.2) is 0 Å². The van der Waals surface area contributed by atoms with E-state index in [1.165, 1.54) is 0 Å². The Hall–Kier alpha value is 1.20. The van der Waals surface area contributed by atoms with Gasteiger partial charge >= 0.3 is 0 Å². The molecule has 0 aromatic heterocycles. The molecule has 0 amide bonds. The molecule has 0 aliphatic rings. The minimum absolute atomic E-state index is 0.198. The highest BCUT2D eigenvalue weighted by Gasteiger charge is 2.29. The number of aliphatic hydroxyl groups is 4. The van der Waals surface area contributed by atoms with E-state index in [-0.39, 0.29) is 36.6 Å². The summed E-state index contributed by atoms with van der Waals surface area (Å²) >= 11 is 17.1. The predicted molar refractivity (Wildman–Crippen MR) is 97.3 cm³/mol. The van der Waals surface area contributed by atoms with Crippen LogP contribution in [0.1, 0.15) is 12.8 Å². The molecule has 0 aliphatic heterocycles. The SMILES string of the molecule is OCC(O)CC(OC(CC(O)CO)C(S)CS)C(S)CS. The highest BCUT2D eigenvalue weighted by Crippen LogP contribution is 2.22. The number of thiol groups is 4. The van der Waals surface area contributed by atoms with Crippen LogP contribution in [0.5, 0.6) is 0 Å². The molecule has 0 saturated carbocycles. The van der Waals surface area contributed by atoms with E-state index in [1.807, 2.05) is 0 Å². The normalized spacial score (nSPS) is 20.6. The van der Waals surface area contributed by atoms with E-state index in [9.17, 15) is 10.2 Å². The lowest BCUT2D eigenvalue weighted by atomic mass is 10.1. The van der Waals surface area contributed by atoms with E-state index in [0.717, 1.165) is 0 Å². The Kier molecular flexibility index (Phi) is 13.3. The van der Waals surface area contributed by atoms with Gasteiger partial charge in [-0.25, -0.2) is 0 Å². The van der Waals surface area contributed by atoms with Gasteiger partial charge in [0.25, 0.3) is 0 Å². The van der Waals surface area contributed by atoms with Crippen molar-refractivity contribution in [2.75, 3.05) is 24.7 Å². The highest BCUT2D eigenvalue weighted by molar-refractivity contribution is 7.85. The number of hydrogen-bond acceptors (Lipinski definition) is 9. The Bertz CT molecular complexity index is 238. The van der Waals surface area contributed by atoms with Crippen molar-refractivity contribution < 1.29 is 25.2 Å². The molecule has 0 rings (SSSR count). The first-order valence-corrected chi connectivity index (χ1v) is 9.00. The van der Waals surface area contributed by atoms with Gasteiger partial charge in [-0.2, -0.15) is 50.5 Å². The molecule has 0 saturated heterocycles. The first-order valence-electron chi connectivity index (χ1n) is 6.70. The van der Waals surface area contributed by atoms with Crippen LogP contribution < -0.4 is 0 Å². The topological polar surface area (TPSA) is 90.2 Å². The van der Waals surface area contributed by atoms with E-state index in [2.05, 4.69) is 50.5 Å². The molecule has 0 aliphatic carbocycles. The third-order valence-electron chi connectivity index (χ3n) is 3.01. The third kappa shape index (κ3) is 9.17. The van der Waals surface area contributed by atoms with Crippen molar-refractivity contribution >= 4 is 50.5 Å². The van der Waals surface area contributed by atoms with Crippen LogP contribution in [0.25, 0.3) is 0 Å². The first-order chi connectivity index (χ1) is 9.89. The fourth-order valence-electron chi connectivity index (χ4n) is 1.75. The molecule has 0 spiro atoms. The molecule has 0 aromatic rings. The van der Waals surface area contributed by atoms with Gasteiger partial charge in [0.15, 0.2) is 0 Å². The van der Waals surface area contributed by atoms with E-state index >= 15 is 0 Å². The van der Waals surface area contributed by atoms with Crippen molar-refractivity contribution in [1.82, 2.24) is 0 Å². The Morgan fingerprint density at radius 3 is 1.33 bits per heavy atom. The van der Waals surface area contributed by atoms with E-state index in [0.29, 0.717) is 11.5 Å². The molecule has 6 unspecified atom stereocenters. The van der Waals surface area contributed by atoms with Gasteiger partial charge in [-0.3, -0.25) is 0 Å². The molecular formula is C12H26O5S4. The average Bonchev–Trinajstić information content (AvgIpc) is 2.50. The van der Waals surface area contributed by atoms with Gasteiger partial charge in [-0.15, -0.1) is 0 Å². The summed E-state index contributed by atoms with van der Waals surface area (Å²) in [6.45, 7) is -0.735. The molecule has 5 nitrogen and oxygen atoms in total. The molecular weight excluding hydrogens is 352 g/mol. The second-order valence-electron chi connectivity index (χ2n) is 4.86. The molecule has 0 fully saturated rings. The molecule has 6 atom stereocenters. The monoisotopic (exact) mass is 378 g/mol. The van der Waals surface area contributed by atoms with E-state index in [4.69, 9.17) is 14.9 Å². The standard InChI is InChI=1S/C12H26O5S4/c13-3-7(15)1-9(11(20)5-18)17-10(12(21)6-19)2-8(16)4-14/h7-16,18-21H,1-6H2. The van der Waals surface area contributed by atoms with E-state index in [1.54, 1.807) is 0 Å². The molecule has 4 N–H and O–H groups in total. The molecule has 0 aromatic carbocycles. The summed E-state index contributed by atoms with van der Waals surface area (Å²) in [6, 6.07) is 0. The Labute approximate surface area is 148 Å². The minimum atomic E-state index is -0.915. The number of aliphatic hydroxyl groups excluding tert-OH is 4. The maximum Gasteiger partial charge on any atom is 0.0796 e. The van der Waals surface area contributed by atoms with Crippen LogP contribution in [0.4, 0.5) is 0 Å². The van der Waals surface area contributed by atoms with Crippen LogP contribution in [0, 0.1) is 0 Å². The lowest BCUT2D eigenvalue weighted by Crippen LogP contribution is -2.40. The second kappa shape index (κ2) is 12.6. The lowest BCUT2D eigenvalue weighted by molar-refractivity contribution is -0.0609. The summed E-state index contributed by atoms with van der Waals surface area (Å²) in [6.07, 6.45) is -2.35. The van der Waals surface area contributed by atoms with Gasteiger partial charge in [-0.05, 0) is 0 Å². The van der Waals surface area contributed by atoms with Crippen molar-refractivity contribution in [3.8, 4) is 0 Å². The summed E-state index contributed by atoms with van der Waals surface area (Å²) in [5, 5.41) is 36.6. The number of rotatable bonds is 12. The smallest absolute Gasteiger partial charge is 0.0796 e. The van der Waals surface area contributed by atoms with Crippen LogP contribution >= 0.6 is 50.5 Å². The van der Waals surface area contributed by atoms with Crippen molar-refractivity contribution in [1.29, 1.82) is 0 Å². The Balaban J connectivity index is 4.83. The lowest BCUT2D eigenvalue weighted by Gasteiger charge is -2.32. The molecule has 0 radical (unpaired) electrons. The zero-order chi connectivity index (χ0) is 16.4. The van der Waals surface area contributed by atoms with Gasteiger partial charge in [-0.1, -0.05) is 0 Å². The molecule has 128 valence electrons. The van der Waals surface area contributed by atoms with Gasteiger partial charge in [0.2, 0.25) is 0 Å². The van der Waals surface area contributed by atoms with Gasteiger partial charge in [0.1, 0.15) is 0 Å². The summed E-state index contributed by atoms with van der Waals surface area (Å²) < 4.78 is 5.91. The first kappa shape index (κ1) is 22.2. The summed E-state index contributed by atoms with van der Waals surface area (Å²) in [5.41, 5.74) is 0. The number of hydrogen-bond donors (Lipinski definition) is 8. The number of ether oxygens (including phenoxy) is 1. The third-order valence-corrected chi connectivity index (χ3v) is 5.41. The van der Waals surface area contributed by atoms with Crippen molar-refractivity contribution in [3.63, 3.8) is 0 Å². The second-order valence-corrected chi connectivity index (χ2v) is 6.91. The van der Waals surface area contributed by atoms with Crippen molar-refractivity contribution in [3.05, 3.63) is 0 Å². The van der Waals surface area contributed by atoms with Crippen molar-refractivity contribution in [2.45, 2.75) is 47.8 Å². The largest absolute Gasteiger partial charge is 0.394 e. The van der Waals surface area contributed by atoms with Crippen LogP contribution in [0.2, 0.25) is 0 Å². The quantitative estimate of drug-likeness (QED) is 0.223. The summed E-state index contributed by atoms with van der Waals surface area (Å²) in [4.78, 5) is 0. The Morgan fingerprint density at radius 1 is 0.762 bits per heavy atom. The molecule has 0 heterocycles. The maximum absolute atomic E-state index is 9.60. The van der Waals surface area contributed by atoms with Crippen LogP contribution in [-0.2, 0) is 4.74 Å². The molecule has 0 bridgehead atoms. The zero-order valence-corrected chi connectivity index (χ0v) is 15.3. The van der Waals surface area contributed by atoms with E-state index < -0.39 is 24.4 Å². The summed E-state index contributed by atoms with van der Waals surface area (Å²) in [7, 11) is 0. The van der Waals surface area contributed by atoms with Gasteiger partial charge < -0.3 is 25.2 Å². The molecule has 9 heteroatoms. The van der Waals surface area contributed by atoms with Gasteiger partial charge in [0, 0.05) is 34.8 Å². The Morgan fingerprint density at radius 2 is 1.10 bits per heavy atom. The van der Waals surface area contributed by atoms with Crippen molar-refractivity contribution in [2.24, 2.45) is 0 Å². The fourth-order valence-corrected chi connectivity index (χ4v) is 2.61.